The number of nitrogens with one attached hydrogen (secondary N) is 1. The van der Waals surface area contributed by atoms with Gasteiger partial charge in [0, 0.05) is 23.1 Å². The summed E-state index contributed by atoms with van der Waals surface area (Å²) in [4.78, 5) is 12.2. The molecule has 1 atom stereocenters. The summed E-state index contributed by atoms with van der Waals surface area (Å²) in [6.45, 7) is 3.47. The Morgan fingerprint density at radius 3 is 2.82 bits per heavy atom. The maximum absolute atomic E-state index is 12.2. The van der Waals surface area contributed by atoms with E-state index in [-0.39, 0.29) is 11.8 Å². The van der Waals surface area contributed by atoms with Gasteiger partial charge in [-0.2, -0.15) is 0 Å². The van der Waals surface area contributed by atoms with E-state index in [0.29, 0.717) is 10.0 Å². The van der Waals surface area contributed by atoms with Gasteiger partial charge in [0.05, 0.1) is 5.92 Å². The second kappa shape index (κ2) is 5.25. The maximum Gasteiger partial charge on any atom is 0.243 e. The summed E-state index contributed by atoms with van der Waals surface area (Å²) in [7, 11) is 0. The van der Waals surface area contributed by atoms with Crippen LogP contribution >= 0.6 is 23.2 Å². The molecule has 1 unspecified atom stereocenters. The van der Waals surface area contributed by atoms with Gasteiger partial charge in [-0.3, -0.25) is 9.80 Å². The Bertz CT molecular complexity index is 431. The first-order chi connectivity index (χ1) is 8.09. The van der Waals surface area contributed by atoms with E-state index in [9.17, 15) is 4.79 Å². The molecule has 2 rings (SSSR count). The smallest absolute Gasteiger partial charge is 0.243 e. The average molecular weight is 273 g/mol. The molecule has 1 N–H and O–H groups in total. The van der Waals surface area contributed by atoms with Crippen molar-refractivity contribution in [1.82, 2.24) is 10.4 Å². The molecule has 1 aromatic rings. The molecule has 0 aliphatic carbocycles. The lowest BCUT2D eigenvalue weighted by Gasteiger charge is -2.21. The second-order valence-electron chi connectivity index (χ2n) is 4.14. The third-order valence-corrected chi connectivity index (χ3v) is 3.49. The van der Waals surface area contributed by atoms with Crippen molar-refractivity contribution >= 4 is 29.1 Å². The monoisotopic (exact) mass is 272 g/mol. The molecule has 1 saturated heterocycles. The number of hydrogen-bond acceptors (Lipinski definition) is 2. The zero-order valence-electron chi connectivity index (χ0n) is 9.54. The van der Waals surface area contributed by atoms with Crippen molar-refractivity contribution in [2.45, 2.75) is 19.3 Å². The zero-order chi connectivity index (χ0) is 12.4. The normalized spacial score (nSPS) is 17.2. The van der Waals surface area contributed by atoms with Gasteiger partial charge in [-0.1, -0.05) is 29.3 Å². The van der Waals surface area contributed by atoms with Crippen molar-refractivity contribution in [3.63, 3.8) is 0 Å². The van der Waals surface area contributed by atoms with Gasteiger partial charge >= 0.3 is 0 Å². The minimum absolute atomic E-state index is 0.0479. The van der Waals surface area contributed by atoms with Crippen molar-refractivity contribution < 1.29 is 4.79 Å². The third kappa shape index (κ3) is 2.73. The molecule has 0 spiro atoms. The molecule has 0 radical (unpaired) electrons. The van der Waals surface area contributed by atoms with E-state index in [1.54, 1.807) is 17.1 Å². The van der Waals surface area contributed by atoms with E-state index in [4.69, 9.17) is 23.2 Å². The first-order valence-electron chi connectivity index (χ1n) is 5.59. The van der Waals surface area contributed by atoms with Crippen molar-refractivity contribution in [3.05, 3.63) is 33.8 Å². The van der Waals surface area contributed by atoms with Crippen LogP contribution in [0.5, 0.6) is 0 Å². The molecular formula is C12H14Cl2N2O. The number of nitrogens with zero attached hydrogens (tertiary/aromatic N) is 1. The number of carbonyl (C=O) groups is 1. The number of hydrogen-bond donors (Lipinski definition) is 1. The number of rotatable bonds is 2. The highest BCUT2D eigenvalue weighted by Gasteiger charge is 2.25. The lowest BCUT2D eigenvalue weighted by atomic mass is 10.00. The lowest BCUT2D eigenvalue weighted by Crippen LogP contribution is -2.39. The number of halogens is 2. The third-order valence-electron chi connectivity index (χ3n) is 2.93. The molecular weight excluding hydrogens is 259 g/mol. The molecule has 0 bridgehead atoms. The van der Waals surface area contributed by atoms with Crippen LogP contribution in [0.4, 0.5) is 0 Å². The van der Waals surface area contributed by atoms with Crippen molar-refractivity contribution in [1.29, 1.82) is 0 Å². The zero-order valence-corrected chi connectivity index (χ0v) is 11.1. The Morgan fingerprint density at radius 2 is 2.24 bits per heavy atom. The summed E-state index contributed by atoms with van der Waals surface area (Å²) >= 11 is 11.9. The Hall–Kier alpha value is -0.770. The summed E-state index contributed by atoms with van der Waals surface area (Å²) in [5.74, 6) is -0.211. The Balaban J connectivity index is 2.18. The van der Waals surface area contributed by atoms with E-state index in [1.165, 1.54) is 0 Å². The van der Waals surface area contributed by atoms with Gasteiger partial charge in [0.1, 0.15) is 0 Å². The quantitative estimate of drug-likeness (QED) is 0.898. The topological polar surface area (TPSA) is 32.3 Å². The Morgan fingerprint density at radius 1 is 1.47 bits per heavy atom. The molecule has 1 amide bonds. The number of carbonyl (C=O) groups excluding carboxylic acids is 1. The van der Waals surface area contributed by atoms with Crippen molar-refractivity contribution in [2.24, 2.45) is 0 Å². The number of benzene rings is 1. The SMILES string of the molecule is CC(C(=O)N1CCCN1)c1ccc(Cl)cc1Cl. The molecule has 3 nitrogen and oxygen atoms in total. The van der Waals surface area contributed by atoms with Gasteiger partial charge in [-0.05, 0) is 31.0 Å². The summed E-state index contributed by atoms with van der Waals surface area (Å²) in [6, 6.07) is 5.23. The van der Waals surface area contributed by atoms with Crippen LogP contribution in [0.25, 0.3) is 0 Å². The summed E-state index contributed by atoms with van der Waals surface area (Å²) in [5, 5.41) is 2.78. The molecule has 1 fully saturated rings. The molecule has 1 aliphatic rings. The van der Waals surface area contributed by atoms with Crippen LogP contribution in [0.1, 0.15) is 24.8 Å². The highest BCUT2D eigenvalue weighted by Crippen LogP contribution is 2.28. The van der Waals surface area contributed by atoms with Crippen LogP contribution in [0.2, 0.25) is 10.0 Å². The maximum atomic E-state index is 12.2. The van der Waals surface area contributed by atoms with Crippen LogP contribution in [0, 0.1) is 0 Å². The van der Waals surface area contributed by atoms with E-state index < -0.39 is 0 Å². The summed E-state index contributed by atoms with van der Waals surface area (Å²) in [6.07, 6.45) is 0.993. The molecule has 5 heteroatoms. The van der Waals surface area contributed by atoms with Crippen molar-refractivity contribution in [2.75, 3.05) is 13.1 Å². The van der Waals surface area contributed by atoms with Crippen LogP contribution in [-0.2, 0) is 4.79 Å². The molecule has 0 aromatic heterocycles. The minimum Gasteiger partial charge on any atom is -0.277 e. The van der Waals surface area contributed by atoms with Crippen molar-refractivity contribution in [3.8, 4) is 0 Å². The molecule has 1 heterocycles. The molecule has 1 aromatic carbocycles. The highest BCUT2D eigenvalue weighted by atomic mass is 35.5. The van der Waals surface area contributed by atoms with E-state index in [0.717, 1.165) is 25.1 Å². The first-order valence-corrected chi connectivity index (χ1v) is 6.35. The van der Waals surface area contributed by atoms with E-state index in [2.05, 4.69) is 5.43 Å². The second-order valence-corrected chi connectivity index (χ2v) is 4.98. The predicted molar refractivity (Wildman–Crippen MR) is 69.2 cm³/mol. The largest absolute Gasteiger partial charge is 0.277 e. The number of hydrazine groups is 1. The fraction of sp³-hybridized carbons (Fsp3) is 0.417. The molecule has 0 saturated carbocycles. The van der Waals surface area contributed by atoms with Crippen LogP contribution < -0.4 is 5.43 Å². The van der Waals surface area contributed by atoms with Crippen LogP contribution in [-0.4, -0.2) is 24.0 Å². The highest BCUT2D eigenvalue weighted by molar-refractivity contribution is 6.35. The van der Waals surface area contributed by atoms with Gasteiger partial charge in [0.15, 0.2) is 0 Å². The van der Waals surface area contributed by atoms with Gasteiger partial charge in [0.2, 0.25) is 5.91 Å². The standard InChI is InChI=1S/C12H14Cl2N2O/c1-8(12(17)16-6-2-5-15-16)10-4-3-9(13)7-11(10)14/h3-4,7-8,15H,2,5-6H2,1H3. The first kappa shape index (κ1) is 12.7. The van der Waals surface area contributed by atoms with Gasteiger partial charge in [-0.25, -0.2) is 5.43 Å². The van der Waals surface area contributed by atoms with Crippen LogP contribution in [0.15, 0.2) is 18.2 Å². The summed E-state index contributed by atoms with van der Waals surface area (Å²) < 4.78 is 0. The van der Waals surface area contributed by atoms with Gasteiger partial charge in [0.25, 0.3) is 0 Å². The Labute approximate surface area is 111 Å². The van der Waals surface area contributed by atoms with Crippen LogP contribution in [0.3, 0.4) is 0 Å². The minimum atomic E-state index is -0.259. The Kier molecular flexibility index (Phi) is 3.92. The molecule has 17 heavy (non-hydrogen) atoms. The predicted octanol–water partition coefficient (Wildman–Crippen LogP) is 2.83. The lowest BCUT2D eigenvalue weighted by molar-refractivity contribution is -0.133. The van der Waals surface area contributed by atoms with E-state index in [1.807, 2.05) is 13.0 Å². The number of amides is 1. The van der Waals surface area contributed by atoms with Gasteiger partial charge in [-0.15, -0.1) is 0 Å². The molecule has 92 valence electrons. The fourth-order valence-corrected chi connectivity index (χ4v) is 2.51. The summed E-state index contributed by atoms with van der Waals surface area (Å²) in [5.41, 5.74) is 3.87. The van der Waals surface area contributed by atoms with Gasteiger partial charge < -0.3 is 0 Å². The fourth-order valence-electron chi connectivity index (χ4n) is 1.94. The molecule has 1 aliphatic heterocycles. The average Bonchev–Trinajstić information content (AvgIpc) is 2.80. The van der Waals surface area contributed by atoms with E-state index >= 15 is 0 Å².